The fraction of sp³-hybridized carbons (Fsp3) is 0.154. The summed E-state index contributed by atoms with van der Waals surface area (Å²) in [7, 11) is 0. The first kappa shape index (κ1) is 20.8. The second kappa shape index (κ2) is 7.27. The van der Waals surface area contributed by atoms with Gasteiger partial charge in [-0.3, -0.25) is 0 Å². The monoisotopic (exact) mass is 432 g/mol. The van der Waals surface area contributed by atoms with Crippen molar-refractivity contribution in [2.24, 2.45) is 10.4 Å². The predicted octanol–water partition coefficient (Wildman–Crippen LogP) is 6.97. The maximum atomic E-state index is 12.9. The Bertz CT molecular complexity index is 917. The molecule has 0 fully saturated rings. The molecule has 0 saturated carbocycles. The van der Waals surface area contributed by atoms with E-state index in [0.717, 1.165) is 0 Å². The highest BCUT2D eigenvalue weighted by Crippen LogP contribution is 2.49. The number of alkyl halides is 6. The molecule has 14 heteroatoms. The van der Waals surface area contributed by atoms with Gasteiger partial charge in [-0.15, -0.1) is 9.81 Å². The van der Waals surface area contributed by atoms with Gasteiger partial charge < -0.3 is 5.32 Å². The molecule has 0 atom stereocenters. The smallest absolute Gasteiger partial charge is 0.335 e. The lowest BCUT2D eigenvalue weighted by atomic mass is 10.1. The Balaban J connectivity index is 2.61. The van der Waals surface area contributed by atoms with Crippen LogP contribution in [0.4, 0.5) is 49.2 Å². The minimum atomic E-state index is -5.03. The van der Waals surface area contributed by atoms with E-state index in [9.17, 15) is 36.2 Å². The van der Waals surface area contributed by atoms with Crippen molar-refractivity contribution in [2.75, 3.05) is 5.32 Å². The molecule has 6 nitrogen and oxygen atoms in total. The van der Waals surface area contributed by atoms with E-state index in [1.807, 2.05) is 0 Å². The zero-order valence-corrected chi connectivity index (χ0v) is 13.9. The van der Waals surface area contributed by atoms with Crippen LogP contribution in [-0.4, -0.2) is 4.98 Å². The van der Waals surface area contributed by atoms with Crippen LogP contribution < -0.4 is 5.32 Å². The van der Waals surface area contributed by atoms with Gasteiger partial charge in [-0.1, -0.05) is 23.2 Å². The Morgan fingerprint density at radius 2 is 1.59 bits per heavy atom. The van der Waals surface area contributed by atoms with Gasteiger partial charge in [0.25, 0.3) is 0 Å². The minimum absolute atomic E-state index is 0.240. The van der Waals surface area contributed by atoms with Crippen molar-refractivity contribution in [1.82, 2.24) is 4.98 Å². The van der Waals surface area contributed by atoms with Crippen LogP contribution in [0.1, 0.15) is 11.1 Å². The summed E-state index contributed by atoms with van der Waals surface area (Å²) in [5, 5.41) is 5.11. The van der Waals surface area contributed by atoms with Crippen molar-refractivity contribution in [3.05, 3.63) is 49.3 Å². The van der Waals surface area contributed by atoms with Gasteiger partial charge in [0.1, 0.15) is 17.2 Å². The van der Waals surface area contributed by atoms with E-state index in [1.165, 1.54) is 0 Å². The van der Waals surface area contributed by atoms with Crippen molar-refractivity contribution >= 4 is 46.1 Å². The molecular weight excluding hydrogens is 429 g/mol. The highest BCUT2D eigenvalue weighted by atomic mass is 35.5. The van der Waals surface area contributed by atoms with E-state index in [4.69, 9.17) is 23.2 Å². The van der Waals surface area contributed by atoms with Crippen LogP contribution in [0.25, 0.3) is 0 Å². The molecule has 144 valence electrons. The average molecular weight is 433 g/mol. The Labute approximate surface area is 155 Å². The number of nitrogens with one attached hydrogen (secondary N) is 1. The highest BCUT2D eigenvalue weighted by molar-refractivity contribution is 6.35. The number of pyridine rings is 1. The number of aromatic nitrogens is 1. The second-order valence-corrected chi connectivity index (χ2v) is 5.62. The number of nitrogens with zero attached hydrogens (tertiary/aromatic N) is 3. The molecule has 0 radical (unpaired) electrons. The van der Waals surface area contributed by atoms with Gasteiger partial charge in [0.2, 0.25) is 0 Å². The molecule has 0 aliphatic carbocycles. The molecular formula is C13H4Cl2F6N4O2. The molecule has 0 amide bonds. The highest BCUT2D eigenvalue weighted by Gasteiger charge is 2.37. The fourth-order valence-electron chi connectivity index (χ4n) is 1.92. The third-order valence-corrected chi connectivity index (χ3v) is 3.80. The SMILES string of the molecule is O=Nc1cc(C(F)(F)F)c(Cl)c(N=O)c1Nc1ncc(C(F)(F)F)cc1Cl. The molecule has 0 saturated heterocycles. The average Bonchev–Trinajstić information content (AvgIpc) is 2.55. The molecule has 1 aromatic carbocycles. The van der Waals surface area contributed by atoms with Crippen molar-refractivity contribution in [2.45, 2.75) is 12.4 Å². The normalized spacial score (nSPS) is 12.0. The lowest BCUT2D eigenvalue weighted by Gasteiger charge is -2.16. The quantitative estimate of drug-likeness (QED) is 0.417. The van der Waals surface area contributed by atoms with Gasteiger partial charge in [0.15, 0.2) is 5.69 Å². The lowest BCUT2D eigenvalue weighted by Crippen LogP contribution is -2.08. The van der Waals surface area contributed by atoms with Gasteiger partial charge >= 0.3 is 12.4 Å². The van der Waals surface area contributed by atoms with Crippen molar-refractivity contribution in [1.29, 1.82) is 0 Å². The van der Waals surface area contributed by atoms with Crippen LogP contribution >= 0.6 is 23.2 Å². The maximum Gasteiger partial charge on any atom is 0.418 e. The first-order chi connectivity index (χ1) is 12.4. The number of anilines is 2. The fourth-order valence-corrected chi connectivity index (χ4v) is 2.43. The molecule has 0 spiro atoms. The molecule has 1 aromatic heterocycles. The number of nitroso groups, excluding NO2 is 2. The van der Waals surface area contributed by atoms with E-state index in [0.29, 0.717) is 12.3 Å². The molecule has 2 rings (SSSR count). The summed E-state index contributed by atoms with van der Waals surface area (Å²) in [5.41, 5.74) is -5.43. The number of rotatable bonds is 4. The maximum absolute atomic E-state index is 12.9. The third-order valence-electron chi connectivity index (χ3n) is 3.13. The molecule has 0 unspecified atom stereocenters. The number of hydrogen-bond acceptors (Lipinski definition) is 6. The Kier molecular flexibility index (Phi) is 5.61. The van der Waals surface area contributed by atoms with E-state index in [-0.39, 0.29) is 6.07 Å². The Morgan fingerprint density at radius 1 is 0.963 bits per heavy atom. The van der Waals surface area contributed by atoms with Gasteiger partial charge in [0.05, 0.1) is 21.2 Å². The summed E-state index contributed by atoms with van der Waals surface area (Å²) in [5.74, 6) is -0.504. The van der Waals surface area contributed by atoms with Crippen molar-refractivity contribution in [3.63, 3.8) is 0 Å². The van der Waals surface area contributed by atoms with Crippen LogP contribution in [-0.2, 0) is 12.4 Å². The molecule has 0 aliphatic rings. The predicted molar refractivity (Wildman–Crippen MR) is 84.9 cm³/mol. The second-order valence-electron chi connectivity index (χ2n) is 4.84. The van der Waals surface area contributed by atoms with E-state index >= 15 is 0 Å². The van der Waals surface area contributed by atoms with Crippen LogP contribution in [0.3, 0.4) is 0 Å². The molecule has 2 aromatic rings. The van der Waals surface area contributed by atoms with Gasteiger partial charge in [-0.25, -0.2) is 4.98 Å². The van der Waals surface area contributed by atoms with E-state index in [1.54, 1.807) is 0 Å². The van der Waals surface area contributed by atoms with Crippen molar-refractivity contribution in [3.8, 4) is 0 Å². The Hall–Kier alpha value is -2.47. The topological polar surface area (TPSA) is 83.8 Å². The third kappa shape index (κ3) is 4.27. The van der Waals surface area contributed by atoms with Crippen LogP contribution in [0.15, 0.2) is 28.7 Å². The molecule has 0 aliphatic heterocycles. The summed E-state index contributed by atoms with van der Waals surface area (Å²) >= 11 is 11.2. The minimum Gasteiger partial charge on any atom is -0.335 e. The standard InChI is InChI=1S/C13H4Cl2F6N4O2/c14-6-1-4(12(16,17)18)3-22-11(6)23-9-7(24-26)2-5(13(19,20)21)8(15)10(9)25-27/h1-3H,(H,22,23). The van der Waals surface area contributed by atoms with E-state index < -0.39 is 56.4 Å². The molecule has 1 N–H and O–H groups in total. The van der Waals surface area contributed by atoms with Gasteiger partial charge in [-0.05, 0) is 22.5 Å². The zero-order chi connectivity index (χ0) is 20.6. The van der Waals surface area contributed by atoms with E-state index in [2.05, 4.69) is 20.7 Å². The first-order valence-corrected chi connectivity index (χ1v) is 7.26. The molecule has 0 bridgehead atoms. The summed E-state index contributed by atoms with van der Waals surface area (Å²) in [6.07, 6.45) is -9.40. The van der Waals surface area contributed by atoms with Crippen molar-refractivity contribution < 1.29 is 26.3 Å². The van der Waals surface area contributed by atoms with Gasteiger partial charge in [-0.2, -0.15) is 26.3 Å². The summed E-state index contributed by atoms with van der Waals surface area (Å²) in [6, 6.07) is 0.717. The molecule has 1 heterocycles. The van der Waals surface area contributed by atoms with Gasteiger partial charge in [0, 0.05) is 6.20 Å². The molecule has 27 heavy (non-hydrogen) atoms. The first-order valence-electron chi connectivity index (χ1n) is 6.50. The van der Waals surface area contributed by atoms with Crippen LogP contribution in [0, 0.1) is 9.81 Å². The summed E-state index contributed by atoms with van der Waals surface area (Å²) in [6.45, 7) is 0. The zero-order valence-electron chi connectivity index (χ0n) is 12.4. The number of hydrogen-bond donors (Lipinski definition) is 1. The Morgan fingerprint density at radius 3 is 2.04 bits per heavy atom. The summed E-state index contributed by atoms with van der Waals surface area (Å²) in [4.78, 5) is 25.2. The largest absolute Gasteiger partial charge is 0.418 e. The summed E-state index contributed by atoms with van der Waals surface area (Å²) < 4.78 is 76.6. The van der Waals surface area contributed by atoms with Crippen LogP contribution in [0.2, 0.25) is 10.0 Å². The lowest BCUT2D eigenvalue weighted by molar-refractivity contribution is -0.138. The van der Waals surface area contributed by atoms with Crippen LogP contribution in [0.5, 0.6) is 0 Å². The number of halogens is 8. The number of benzene rings is 1.